The van der Waals surface area contributed by atoms with E-state index in [2.05, 4.69) is 0 Å². The molecule has 2 aliphatic heterocycles. The van der Waals surface area contributed by atoms with Crippen LogP contribution in [0.1, 0.15) is 35.9 Å². The van der Waals surface area contributed by atoms with E-state index in [0.29, 0.717) is 13.2 Å². The molecule has 2 amide bonds. The van der Waals surface area contributed by atoms with Crippen molar-refractivity contribution in [1.29, 1.82) is 0 Å². The zero-order chi connectivity index (χ0) is 21.1. The average molecular weight is 412 g/mol. The predicted octanol–water partition coefficient (Wildman–Crippen LogP) is 3.38. The Morgan fingerprint density at radius 1 is 1.07 bits per heavy atom. The molecule has 2 aromatic rings. The number of amides is 2. The van der Waals surface area contributed by atoms with Gasteiger partial charge < -0.3 is 15.2 Å². The van der Waals surface area contributed by atoms with Crippen molar-refractivity contribution < 1.29 is 23.5 Å². The number of halogens is 1. The topological polar surface area (TPSA) is 81.9 Å². The summed E-state index contributed by atoms with van der Waals surface area (Å²) in [5.74, 6) is -1.09. The van der Waals surface area contributed by atoms with Crippen molar-refractivity contribution >= 4 is 12.0 Å². The molecule has 30 heavy (non-hydrogen) atoms. The van der Waals surface area contributed by atoms with Gasteiger partial charge >= 0.3 is 6.09 Å². The second kappa shape index (κ2) is 8.93. The van der Waals surface area contributed by atoms with E-state index in [9.17, 15) is 14.0 Å². The second-order valence-electron chi connectivity index (χ2n) is 7.76. The van der Waals surface area contributed by atoms with E-state index in [1.54, 1.807) is 12.1 Å². The van der Waals surface area contributed by atoms with Gasteiger partial charge in [0.15, 0.2) is 0 Å². The Bertz CT molecular complexity index is 884. The van der Waals surface area contributed by atoms with Crippen LogP contribution in [0.5, 0.6) is 0 Å². The molecule has 0 unspecified atom stereocenters. The number of hydrogen-bond donors (Lipinski definition) is 1. The van der Waals surface area contributed by atoms with Gasteiger partial charge in [-0.05, 0) is 42.0 Å². The number of carbonyl (C=O) groups is 2. The quantitative estimate of drug-likeness (QED) is 0.814. The smallest absolute Gasteiger partial charge is 0.417 e. The van der Waals surface area contributed by atoms with Gasteiger partial charge in [0.25, 0.3) is 0 Å². The molecule has 3 atom stereocenters. The summed E-state index contributed by atoms with van der Waals surface area (Å²) in [6.45, 7) is 1.27. The number of benzene rings is 2. The number of nitrogens with two attached hydrogens (primary N) is 1. The number of ether oxygens (including phenoxy) is 2. The highest BCUT2D eigenvalue weighted by Gasteiger charge is 2.44. The van der Waals surface area contributed by atoms with E-state index < -0.39 is 24.1 Å². The zero-order valence-corrected chi connectivity index (χ0v) is 16.6. The van der Waals surface area contributed by atoms with E-state index in [1.165, 1.54) is 12.1 Å². The highest BCUT2D eigenvalue weighted by Crippen LogP contribution is 2.37. The highest BCUT2D eigenvalue weighted by molar-refractivity contribution is 5.97. The molecule has 2 aliphatic rings. The third kappa shape index (κ3) is 4.08. The van der Waals surface area contributed by atoms with Gasteiger partial charge in [-0.1, -0.05) is 42.5 Å². The van der Waals surface area contributed by atoms with Crippen molar-refractivity contribution in [3.05, 3.63) is 71.5 Å². The lowest BCUT2D eigenvalue weighted by Gasteiger charge is -2.35. The van der Waals surface area contributed by atoms with Crippen LogP contribution in [0.15, 0.2) is 54.6 Å². The van der Waals surface area contributed by atoms with Gasteiger partial charge in [-0.3, -0.25) is 4.79 Å². The number of cyclic esters (lactones) is 1. The van der Waals surface area contributed by atoms with Gasteiger partial charge in [0.1, 0.15) is 18.5 Å². The Hall–Kier alpha value is -2.77. The maximum Gasteiger partial charge on any atom is 0.417 e. The van der Waals surface area contributed by atoms with Crippen molar-refractivity contribution in [1.82, 2.24) is 4.90 Å². The van der Waals surface area contributed by atoms with Gasteiger partial charge in [0.2, 0.25) is 5.91 Å². The maximum absolute atomic E-state index is 13.5. The van der Waals surface area contributed by atoms with Crippen LogP contribution < -0.4 is 5.73 Å². The van der Waals surface area contributed by atoms with Crippen molar-refractivity contribution in [2.45, 2.75) is 30.8 Å². The first-order valence-corrected chi connectivity index (χ1v) is 10.2. The van der Waals surface area contributed by atoms with Crippen LogP contribution in [0, 0.1) is 11.7 Å². The third-order valence-corrected chi connectivity index (χ3v) is 6.00. The molecule has 4 rings (SSSR count). The summed E-state index contributed by atoms with van der Waals surface area (Å²) in [7, 11) is 0. The number of rotatable bonds is 5. The molecule has 0 saturated carbocycles. The Balaban J connectivity index is 1.64. The van der Waals surface area contributed by atoms with E-state index in [1.807, 2.05) is 30.3 Å². The summed E-state index contributed by atoms with van der Waals surface area (Å²) in [5.41, 5.74) is 8.11. The SMILES string of the molecule is N[C@H](C(=O)N1C(=O)OC[C@@H]1c1ccccc1)[C@@H](c1ccc(F)cc1)C1CCOCC1. The molecule has 0 radical (unpaired) electrons. The zero-order valence-electron chi connectivity index (χ0n) is 16.6. The lowest BCUT2D eigenvalue weighted by molar-refractivity contribution is -0.131. The van der Waals surface area contributed by atoms with Crippen LogP contribution >= 0.6 is 0 Å². The third-order valence-electron chi connectivity index (χ3n) is 6.00. The number of hydrogen-bond acceptors (Lipinski definition) is 5. The molecule has 2 heterocycles. The first-order chi connectivity index (χ1) is 14.6. The summed E-state index contributed by atoms with van der Waals surface area (Å²) in [6, 6.07) is 13.9. The second-order valence-corrected chi connectivity index (χ2v) is 7.76. The van der Waals surface area contributed by atoms with Crippen molar-refractivity contribution in [2.24, 2.45) is 11.7 Å². The highest BCUT2D eigenvalue weighted by atomic mass is 19.1. The molecular weight excluding hydrogens is 387 g/mol. The number of imide groups is 1. The lowest BCUT2D eigenvalue weighted by atomic mass is 9.76. The van der Waals surface area contributed by atoms with Crippen LogP contribution in [0.4, 0.5) is 9.18 Å². The first kappa shape index (κ1) is 20.5. The van der Waals surface area contributed by atoms with E-state index in [-0.39, 0.29) is 24.3 Å². The van der Waals surface area contributed by atoms with E-state index in [4.69, 9.17) is 15.2 Å². The Labute approximate surface area is 174 Å². The number of carbonyl (C=O) groups excluding carboxylic acids is 2. The summed E-state index contributed by atoms with van der Waals surface area (Å²) < 4.78 is 24.2. The molecule has 7 heteroatoms. The average Bonchev–Trinajstić information content (AvgIpc) is 3.17. The fraction of sp³-hybridized carbons (Fsp3) is 0.391. The van der Waals surface area contributed by atoms with E-state index in [0.717, 1.165) is 28.9 Å². The molecule has 2 saturated heterocycles. The molecule has 2 fully saturated rings. The fourth-order valence-corrected chi connectivity index (χ4v) is 4.43. The Kier molecular flexibility index (Phi) is 6.11. The molecule has 158 valence electrons. The monoisotopic (exact) mass is 412 g/mol. The maximum atomic E-state index is 13.5. The van der Waals surface area contributed by atoms with Gasteiger partial charge in [0, 0.05) is 19.1 Å². The summed E-state index contributed by atoms with van der Waals surface area (Å²) in [6.07, 6.45) is 0.805. The normalized spacial score (nSPS) is 21.9. The minimum Gasteiger partial charge on any atom is -0.446 e. The molecular formula is C23H25FN2O4. The minimum absolute atomic E-state index is 0.0944. The number of nitrogens with zero attached hydrogens (tertiary/aromatic N) is 1. The standard InChI is InChI=1S/C23H25FN2O4/c24-18-8-6-16(7-9-18)20(17-10-12-29-13-11-17)21(25)22(27)26-19(14-30-23(26)28)15-4-2-1-3-5-15/h1-9,17,19-21H,10-14,25H2/t19-,20+,21+/m1/s1. The van der Waals surface area contributed by atoms with E-state index >= 15 is 0 Å². The molecule has 0 aromatic heterocycles. The summed E-state index contributed by atoms with van der Waals surface area (Å²) in [5, 5.41) is 0. The lowest BCUT2D eigenvalue weighted by Crippen LogP contribution is -2.50. The van der Waals surface area contributed by atoms with Crippen LogP contribution in [0.3, 0.4) is 0 Å². The molecule has 0 spiro atoms. The molecule has 6 nitrogen and oxygen atoms in total. The van der Waals surface area contributed by atoms with Gasteiger partial charge in [-0.25, -0.2) is 14.1 Å². The first-order valence-electron chi connectivity index (χ1n) is 10.2. The minimum atomic E-state index is -0.963. The predicted molar refractivity (Wildman–Crippen MR) is 108 cm³/mol. The van der Waals surface area contributed by atoms with Crippen LogP contribution in [0.25, 0.3) is 0 Å². The molecule has 2 aromatic carbocycles. The summed E-state index contributed by atoms with van der Waals surface area (Å²) >= 11 is 0. The van der Waals surface area contributed by atoms with Crippen LogP contribution in [0.2, 0.25) is 0 Å². The largest absolute Gasteiger partial charge is 0.446 e. The van der Waals surface area contributed by atoms with Crippen LogP contribution in [-0.2, 0) is 14.3 Å². The summed E-state index contributed by atoms with van der Waals surface area (Å²) in [4.78, 5) is 27.0. The molecule has 0 bridgehead atoms. The van der Waals surface area contributed by atoms with Gasteiger partial charge in [-0.2, -0.15) is 0 Å². The van der Waals surface area contributed by atoms with Gasteiger partial charge in [-0.15, -0.1) is 0 Å². The fourth-order valence-electron chi connectivity index (χ4n) is 4.43. The van der Waals surface area contributed by atoms with Crippen molar-refractivity contribution in [3.63, 3.8) is 0 Å². The Morgan fingerprint density at radius 3 is 2.40 bits per heavy atom. The Morgan fingerprint density at radius 2 is 1.73 bits per heavy atom. The van der Waals surface area contributed by atoms with Crippen molar-refractivity contribution in [2.75, 3.05) is 19.8 Å². The van der Waals surface area contributed by atoms with Gasteiger partial charge in [0.05, 0.1) is 6.04 Å². The van der Waals surface area contributed by atoms with Crippen molar-refractivity contribution in [3.8, 4) is 0 Å². The van der Waals surface area contributed by atoms with Crippen LogP contribution in [-0.4, -0.2) is 42.8 Å². The molecule has 2 N–H and O–H groups in total. The molecule has 0 aliphatic carbocycles.